The quantitative estimate of drug-likeness (QED) is 0.465. The van der Waals surface area contributed by atoms with Crippen molar-refractivity contribution in [2.24, 2.45) is 16.6 Å². The average molecular weight is 269 g/mol. The van der Waals surface area contributed by atoms with Crippen molar-refractivity contribution in [1.82, 2.24) is 0 Å². The highest BCUT2D eigenvalue weighted by molar-refractivity contribution is 14.1. The van der Waals surface area contributed by atoms with Crippen LogP contribution >= 0.6 is 22.6 Å². The second-order valence-corrected chi connectivity index (χ2v) is 6.47. The van der Waals surface area contributed by atoms with E-state index < -0.39 is 0 Å². The first-order valence-electron chi connectivity index (χ1n) is 4.05. The number of rotatable bonds is 2. The van der Waals surface area contributed by atoms with E-state index in [-0.39, 0.29) is 9.46 Å². The molecule has 0 saturated carbocycles. The lowest BCUT2D eigenvalue weighted by molar-refractivity contribution is 0.214. The Kier molecular flexibility index (Phi) is 3.83. The third-order valence-electron chi connectivity index (χ3n) is 1.73. The van der Waals surface area contributed by atoms with Gasteiger partial charge in [-0.15, -0.1) is 0 Å². The zero-order chi connectivity index (χ0) is 9.28. The van der Waals surface area contributed by atoms with E-state index in [1.54, 1.807) is 0 Å². The van der Waals surface area contributed by atoms with Gasteiger partial charge in [-0.2, -0.15) is 0 Å². The van der Waals surface area contributed by atoms with E-state index in [9.17, 15) is 0 Å². The fraction of sp³-hybridized carbons (Fsp3) is 1.00. The van der Waals surface area contributed by atoms with Crippen LogP contribution in [0.3, 0.4) is 0 Å². The van der Waals surface area contributed by atoms with Gasteiger partial charge >= 0.3 is 0 Å². The Hall–Kier alpha value is 0.690. The molecule has 0 aromatic carbocycles. The van der Waals surface area contributed by atoms with E-state index in [0.29, 0.717) is 5.41 Å². The molecule has 2 N–H and O–H groups in total. The second-order valence-electron chi connectivity index (χ2n) is 5.13. The van der Waals surface area contributed by atoms with Crippen molar-refractivity contribution < 1.29 is 0 Å². The Labute approximate surface area is 84.3 Å². The average Bonchev–Trinajstić information content (AvgIpc) is 1.56. The van der Waals surface area contributed by atoms with Crippen LogP contribution in [0.25, 0.3) is 0 Å². The summed E-state index contributed by atoms with van der Waals surface area (Å²) in [4.78, 5) is 0. The fourth-order valence-electron chi connectivity index (χ4n) is 1.46. The van der Waals surface area contributed by atoms with Gasteiger partial charge in [0.15, 0.2) is 0 Å². The highest BCUT2D eigenvalue weighted by Gasteiger charge is 2.29. The summed E-state index contributed by atoms with van der Waals surface area (Å²) in [5.41, 5.74) is 6.49. The highest BCUT2D eigenvalue weighted by atomic mass is 127. The topological polar surface area (TPSA) is 26.0 Å². The Bertz CT molecular complexity index is 122. The van der Waals surface area contributed by atoms with Crippen molar-refractivity contribution in [1.29, 1.82) is 0 Å². The smallest absolute Gasteiger partial charge is 0.0620 e. The summed E-state index contributed by atoms with van der Waals surface area (Å²) in [6.07, 6.45) is 1.17. The fourth-order valence-corrected chi connectivity index (χ4v) is 1.68. The maximum Gasteiger partial charge on any atom is 0.0620 e. The molecule has 0 heterocycles. The third-order valence-corrected chi connectivity index (χ3v) is 3.42. The van der Waals surface area contributed by atoms with Gasteiger partial charge in [0.25, 0.3) is 0 Å². The first kappa shape index (κ1) is 11.7. The van der Waals surface area contributed by atoms with Crippen LogP contribution in [0, 0.1) is 10.8 Å². The molecule has 11 heavy (non-hydrogen) atoms. The SMILES string of the molecule is CC(C)(C)CC(C)(C)C(N)I. The lowest BCUT2D eigenvalue weighted by Gasteiger charge is -2.34. The predicted molar refractivity (Wildman–Crippen MR) is 59.8 cm³/mol. The van der Waals surface area contributed by atoms with Gasteiger partial charge in [-0.05, 0) is 17.3 Å². The van der Waals surface area contributed by atoms with Crippen molar-refractivity contribution >= 4 is 22.6 Å². The summed E-state index contributed by atoms with van der Waals surface area (Å²) >= 11 is 2.30. The summed E-state index contributed by atoms with van der Waals surface area (Å²) in [6, 6.07) is 0. The maximum atomic E-state index is 5.86. The molecule has 0 radical (unpaired) electrons. The molecule has 0 bridgehead atoms. The second kappa shape index (κ2) is 3.60. The van der Waals surface area contributed by atoms with Crippen LogP contribution in [0.4, 0.5) is 0 Å². The molecule has 1 unspecified atom stereocenters. The standard InChI is InChI=1S/C9H20IN/c1-8(2,3)6-9(4,5)7(10)11/h7H,6,11H2,1-5H3. The van der Waals surface area contributed by atoms with E-state index in [1.165, 1.54) is 6.42 Å². The predicted octanol–water partition coefficient (Wildman–Crippen LogP) is 3.17. The summed E-state index contributed by atoms with van der Waals surface area (Å²) in [6.45, 7) is 11.2. The maximum absolute atomic E-state index is 5.86. The molecule has 0 aliphatic rings. The molecule has 0 fully saturated rings. The number of hydrogen-bond acceptors (Lipinski definition) is 1. The molecule has 0 aliphatic carbocycles. The highest BCUT2D eigenvalue weighted by Crippen LogP contribution is 2.36. The van der Waals surface area contributed by atoms with Gasteiger partial charge < -0.3 is 5.73 Å². The minimum absolute atomic E-state index is 0.249. The summed E-state index contributed by atoms with van der Waals surface area (Å²) in [5.74, 6) is 0. The van der Waals surface area contributed by atoms with Crippen LogP contribution in [0.2, 0.25) is 0 Å². The van der Waals surface area contributed by atoms with E-state index in [4.69, 9.17) is 5.73 Å². The molecule has 1 nitrogen and oxygen atoms in total. The third kappa shape index (κ3) is 5.01. The van der Waals surface area contributed by atoms with Crippen LogP contribution < -0.4 is 5.73 Å². The Balaban J connectivity index is 4.13. The number of hydrogen-bond donors (Lipinski definition) is 1. The Morgan fingerprint density at radius 1 is 1.18 bits per heavy atom. The van der Waals surface area contributed by atoms with Gasteiger partial charge in [-0.1, -0.05) is 57.2 Å². The molecule has 0 aromatic heterocycles. The molecular weight excluding hydrogens is 249 g/mol. The number of nitrogens with two attached hydrogens (primary N) is 1. The number of halogens is 1. The van der Waals surface area contributed by atoms with Gasteiger partial charge in [0, 0.05) is 0 Å². The molecule has 0 aromatic rings. The zero-order valence-corrected chi connectivity index (χ0v) is 10.4. The van der Waals surface area contributed by atoms with Crippen molar-refractivity contribution in [2.75, 3.05) is 0 Å². The Morgan fingerprint density at radius 3 is 1.64 bits per heavy atom. The molecule has 0 saturated heterocycles. The summed E-state index contributed by atoms with van der Waals surface area (Å²) < 4.78 is 0.249. The van der Waals surface area contributed by atoms with Gasteiger partial charge in [0.1, 0.15) is 0 Å². The van der Waals surface area contributed by atoms with Crippen LogP contribution in [0.5, 0.6) is 0 Å². The molecular formula is C9H20IN. The van der Waals surface area contributed by atoms with Gasteiger partial charge in [0.05, 0.1) is 4.05 Å². The normalized spacial score (nSPS) is 16.6. The summed E-state index contributed by atoms with van der Waals surface area (Å²) in [5, 5.41) is 0. The minimum atomic E-state index is 0.249. The van der Waals surface area contributed by atoms with Gasteiger partial charge in [0.2, 0.25) is 0 Å². The van der Waals surface area contributed by atoms with Gasteiger partial charge in [-0.3, -0.25) is 0 Å². The Morgan fingerprint density at radius 2 is 1.55 bits per heavy atom. The van der Waals surface area contributed by atoms with Crippen molar-refractivity contribution in [3.8, 4) is 0 Å². The minimum Gasteiger partial charge on any atom is -0.319 e. The van der Waals surface area contributed by atoms with Crippen molar-refractivity contribution in [3.63, 3.8) is 0 Å². The number of alkyl halides is 1. The lowest BCUT2D eigenvalue weighted by Crippen LogP contribution is -2.35. The van der Waals surface area contributed by atoms with Crippen LogP contribution in [-0.4, -0.2) is 4.05 Å². The van der Waals surface area contributed by atoms with Crippen LogP contribution in [0.15, 0.2) is 0 Å². The molecule has 0 rings (SSSR count). The molecule has 0 amide bonds. The van der Waals surface area contributed by atoms with Crippen molar-refractivity contribution in [2.45, 2.75) is 45.1 Å². The molecule has 1 atom stereocenters. The first-order valence-corrected chi connectivity index (χ1v) is 5.29. The van der Waals surface area contributed by atoms with E-state index >= 15 is 0 Å². The summed E-state index contributed by atoms with van der Waals surface area (Å²) in [7, 11) is 0. The van der Waals surface area contributed by atoms with Crippen LogP contribution in [0.1, 0.15) is 41.0 Å². The van der Waals surface area contributed by atoms with E-state index in [1.807, 2.05) is 0 Å². The zero-order valence-electron chi connectivity index (χ0n) is 8.24. The monoisotopic (exact) mass is 269 g/mol. The molecule has 0 aliphatic heterocycles. The van der Waals surface area contributed by atoms with E-state index in [2.05, 4.69) is 57.2 Å². The molecule has 2 heteroatoms. The first-order chi connectivity index (χ1) is 4.65. The van der Waals surface area contributed by atoms with Gasteiger partial charge in [-0.25, -0.2) is 0 Å². The lowest BCUT2D eigenvalue weighted by atomic mass is 9.76. The van der Waals surface area contributed by atoms with E-state index in [0.717, 1.165) is 0 Å². The molecule has 68 valence electrons. The van der Waals surface area contributed by atoms with Crippen molar-refractivity contribution in [3.05, 3.63) is 0 Å². The molecule has 0 spiro atoms. The largest absolute Gasteiger partial charge is 0.319 e. The van der Waals surface area contributed by atoms with Crippen LogP contribution in [-0.2, 0) is 0 Å².